The van der Waals surface area contributed by atoms with Gasteiger partial charge in [0.05, 0.1) is 21.6 Å². The molecule has 0 atom stereocenters. The number of hydrogen-bond acceptors (Lipinski definition) is 6. The van der Waals surface area contributed by atoms with E-state index in [1.54, 1.807) is 6.92 Å². The summed E-state index contributed by atoms with van der Waals surface area (Å²) in [6, 6.07) is 3.19. The largest absolute Gasteiger partial charge is 0.350 e. The zero-order valence-electron chi connectivity index (χ0n) is 12.7. The van der Waals surface area contributed by atoms with E-state index in [1.807, 2.05) is 0 Å². The molecule has 0 fully saturated rings. The number of oxime groups is 1. The molecule has 0 bridgehead atoms. The lowest BCUT2D eigenvalue weighted by atomic mass is 10.1. The van der Waals surface area contributed by atoms with Gasteiger partial charge in [0.2, 0.25) is 5.75 Å². The summed E-state index contributed by atoms with van der Waals surface area (Å²) in [7, 11) is 0. The van der Waals surface area contributed by atoms with Crippen LogP contribution in [-0.2, 0) is 0 Å². The number of non-ortho nitro benzene ring substituents is 1. The first-order valence-corrected chi connectivity index (χ1v) is 7.09. The van der Waals surface area contributed by atoms with Crippen LogP contribution >= 0.6 is 0 Å². The van der Waals surface area contributed by atoms with Crippen molar-refractivity contribution in [2.24, 2.45) is 5.16 Å². The Balaban J connectivity index is 2.76. The van der Waals surface area contributed by atoms with E-state index in [0.29, 0.717) is 0 Å². The van der Waals surface area contributed by atoms with E-state index < -0.39 is 15.5 Å². The second-order valence-corrected chi connectivity index (χ2v) is 4.89. The van der Waals surface area contributed by atoms with Gasteiger partial charge >= 0.3 is 5.69 Å². The second kappa shape index (κ2) is 8.71. The lowest BCUT2D eigenvalue weighted by Gasteiger charge is -2.03. The average molecular weight is 309 g/mol. The minimum atomic E-state index is -0.728. The molecule has 8 nitrogen and oxygen atoms in total. The summed E-state index contributed by atoms with van der Waals surface area (Å²) < 4.78 is 0. The Kier molecular flexibility index (Phi) is 6.94. The van der Waals surface area contributed by atoms with E-state index in [9.17, 15) is 20.2 Å². The van der Waals surface area contributed by atoms with Gasteiger partial charge in [0, 0.05) is 6.07 Å². The third-order valence-electron chi connectivity index (χ3n) is 3.04. The van der Waals surface area contributed by atoms with E-state index in [1.165, 1.54) is 6.07 Å². The van der Waals surface area contributed by atoms with Crippen molar-refractivity contribution in [3.63, 3.8) is 0 Å². The Morgan fingerprint density at radius 3 is 2.50 bits per heavy atom. The first-order valence-electron chi connectivity index (χ1n) is 7.09. The Labute approximate surface area is 128 Å². The third-order valence-corrected chi connectivity index (χ3v) is 3.04. The van der Waals surface area contributed by atoms with Crippen LogP contribution in [0.3, 0.4) is 0 Å². The number of nitro benzene ring substituents is 2. The van der Waals surface area contributed by atoms with Gasteiger partial charge < -0.3 is 4.84 Å². The zero-order valence-corrected chi connectivity index (χ0v) is 12.7. The van der Waals surface area contributed by atoms with Crippen molar-refractivity contribution in [3.05, 3.63) is 38.4 Å². The third kappa shape index (κ3) is 5.47. The lowest BCUT2D eigenvalue weighted by molar-refractivity contribution is -0.394. The molecule has 0 aliphatic heterocycles. The van der Waals surface area contributed by atoms with Crippen LogP contribution in [0.5, 0.6) is 5.75 Å². The van der Waals surface area contributed by atoms with Gasteiger partial charge in [-0.3, -0.25) is 20.2 Å². The quantitative estimate of drug-likeness (QED) is 0.293. The predicted octanol–water partition coefficient (Wildman–Crippen LogP) is 4.23. The molecule has 8 heteroatoms. The molecule has 0 saturated heterocycles. The summed E-state index contributed by atoms with van der Waals surface area (Å²) in [5, 5.41) is 25.4. The van der Waals surface area contributed by atoms with Crippen LogP contribution in [0.25, 0.3) is 0 Å². The zero-order chi connectivity index (χ0) is 16.5. The molecule has 1 aromatic carbocycles. The Morgan fingerprint density at radius 1 is 1.18 bits per heavy atom. The van der Waals surface area contributed by atoms with Gasteiger partial charge in [0.15, 0.2) is 0 Å². The highest BCUT2D eigenvalue weighted by molar-refractivity contribution is 5.81. The maximum atomic E-state index is 10.9. The first kappa shape index (κ1) is 17.5. The van der Waals surface area contributed by atoms with Crippen molar-refractivity contribution >= 4 is 17.1 Å². The minimum Gasteiger partial charge on any atom is -0.350 e. The van der Waals surface area contributed by atoms with E-state index in [4.69, 9.17) is 4.84 Å². The van der Waals surface area contributed by atoms with Crippen molar-refractivity contribution in [3.8, 4) is 5.75 Å². The summed E-state index contributed by atoms with van der Waals surface area (Å²) in [5.74, 6) is -0.108. The molecule has 1 aromatic rings. The summed E-state index contributed by atoms with van der Waals surface area (Å²) in [6.07, 6.45) is 5.13. The molecule has 0 aromatic heterocycles. The smallest absolute Gasteiger partial charge is 0.321 e. The highest BCUT2D eigenvalue weighted by Gasteiger charge is 2.21. The van der Waals surface area contributed by atoms with Crippen LogP contribution in [-0.4, -0.2) is 15.6 Å². The van der Waals surface area contributed by atoms with Crippen LogP contribution in [0, 0.1) is 20.2 Å². The van der Waals surface area contributed by atoms with Crippen LogP contribution in [0.15, 0.2) is 23.4 Å². The van der Waals surface area contributed by atoms with Gasteiger partial charge in [-0.1, -0.05) is 31.3 Å². The van der Waals surface area contributed by atoms with Gasteiger partial charge in [-0.15, -0.1) is 0 Å². The van der Waals surface area contributed by atoms with Gasteiger partial charge in [0.25, 0.3) is 5.69 Å². The molecule has 120 valence electrons. The maximum absolute atomic E-state index is 10.9. The molecule has 1 rings (SSSR count). The summed E-state index contributed by atoms with van der Waals surface area (Å²) in [4.78, 5) is 25.2. The van der Waals surface area contributed by atoms with Crippen LogP contribution < -0.4 is 4.84 Å². The van der Waals surface area contributed by atoms with Crippen molar-refractivity contribution < 1.29 is 14.7 Å². The molecule has 0 radical (unpaired) electrons. The predicted molar refractivity (Wildman–Crippen MR) is 82.2 cm³/mol. The summed E-state index contributed by atoms with van der Waals surface area (Å²) in [5.41, 5.74) is -0.111. The van der Waals surface area contributed by atoms with Crippen molar-refractivity contribution in [2.75, 3.05) is 0 Å². The molecule has 0 spiro atoms. The van der Waals surface area contributed by atoms with Crippen molar-refractivity contribution in [1.29, 1.82) is 0 Å². The molecular formula is C14H19N3O5. The number of nitrogens with zero attached hydrogens (tertiary/aromatic N) is 3. The SMILES string of the molecule is CCCCCCC(C)=NOc1ccc([N+](=O)[O-])cc1[N+](=O)[O-]. The normalized spacial score (nSPS) is 11.3. The molecular weight excluding hydrogens is 290 g/mol. The van der Waals surface area contributed by atoms with Crippen molar-refractivity contribution in [2.45, 2.75) is 46.0 Å². The summed E-state index contributed by atoms with van der Waals surface area (Å²) in [6.45, 7) is 3.90. The van der Waals surface area contributed by atoms with Gasteiger partial charge in [0.1, 0.15) is 0 Å². The van der Waals surface area contributed by atoms with Gasteiger partial charge in [-0.05, 0) is 25.8 Å². The van der Waals surface area contributed by atoms with Crippen molar-refractivity contribution in [1.82, 2.24) is 0 Å². The number of unbranched alkanes of at least 4 members (excludes halogenated alkanes) is 3. The van der Waals surface area contributed by atoms with E-state index >= 15 is 0 Å². The monoisotopic (exact) mass is 309 g/mol. The number of nitro groups is 2. The van der Waals surface area contributed by atoms with E-state index in [0.717, 1.165) is 49.9 Å². The van der Waals surface area contributed by atoms with Crippen LogP contribution in [0.2, 0.25) is 0 Å². The van der Waals surface area contributed by atoms with E-state index in [2.05, 4.69) is 12.1 Å². The fourth-order valence-electron chi connectivity index (χ4n) is 1.82. The molecule has 0 heterocycles. The highest BCUT2D eigenvalue weighted by atomic mass is 16.7. The molecule has 0 amide bonds. The van der Waals surface area contributed by atoms with Gasteiger partial charge in [-0.25, -0.2) is 0 Å². The molecule has 0 unspecified atom stereocenters. The van der Waals surface area contributed by atoms with Gasteiger partial charge in [-0.2, -0.15) is 0 Å². The standard InChI is InChI=1S/C14H19N3O5/c1-3-4-5-6-7-11(2)15-22-14-9-8-12(16(18)19)10-13(14)17(20)21/h8-10H,3-7H2,1-2H3. The van der Waals surface area contributed by atoms with E-state index in [-0.39, 0.29) is 11.4 Å². The Bertz CT molecular complexity index is 572. The molecule has 0 aliphatic carbocycles. The fourth-order valence-corrected chi connectivity index (χ4v) is 1.82. The molecule has 0 N–H and O–H groups in total. The fraction of sp³-hybridized carbons (Fsp3) is 0.500. The molecule has 0 saturated carbocycles. The molecule has 0 aliphatic rings. The molecule has 22 heavy (non-hydrogen) atoms. The maximum Gasteiger partial charge on any atom is 0.321 e. The number of rotatable bonds is 9. The topological polar surface area (TPSA) is 108 Å². The van der Waals surface area contributed by atoms with Crippen LogP contribution in [0.4, 0.5) is 11.4 Å². The second-order valence-electron chi connectivity index (χ2n) is 4.89. The minimum absolute atomic E-state index is 0.108. The number of hydrogen-bond donors (Lipinski definition) is 0. The first-order chi connectivity index (χ1) is 10.5. The average Bonchev–Trinajstić information content (AvgIpc) is 2.49. The Morgan fingerprint density at radius 2 is 1.91 bits per heavy atom. The summed E-state index contributed by atoms with van der Waals surface area (Å²) >= 11 is 0. The van der Waals surface area contributed by atoms with Crippen LogP contribution in [0.1, 0.15) is 46.0 Å². The highest BCUT2D eigenvalue weighted by Crippen LogP contribution is 2.31. The Hall–Kier alpha value is -2.51. The number of benzene rings is 1. The lowest BCUT2D eigenvalue weighted by Crippen LogP contribution is -1.99.